The highest BCUT2D eigenvalue weighted by Crippen LogP contribution is 2.26. The first kappa shape index (κ1) is 17.3. The Morgan fingerprint density at radius 3 is 2.52 bits per heavy atom. The molecule has 0 heterocycles. The number of hydrogen-bond donors (Lipinski definition) is 3. The first-order valence-electron chi connectivity index (χ1n) is 5.91. The number of nitrogen functional groups attached to an aromatic ring is 1. The number of sulfonamides is 1. The summed E-state index contributed by atoms with van der Waals surface area (Å²) in [6.45, 7) is 3.38. The lowest BCUT2D eigenvalue weighted by Gasteiger charge is -2.25. The number of nitrogens with zero attached hydrogens (tertiary/aromatic N) is 1. The fourth-order valence-corrected chi connectivity index (χ4v) is 3.36. The van der Waals surface area contributed by atoms with E-state index in [2.05, 4.69) is 10.1 Å². The zero-order chi connectivity index (χ0) is 16.3. The lowest BCUT2D eigenvalue weighted by Crippen LogP contribution is -2.46. The third-order valence-electron chi connectivity index (χ3n) is 2.54. The first-order chi connectivity index (χ1) is 9.63. The van der Waals surface area contributed by atoms with Crippen LogP contribution < -0.4 is 16.0 Å². The quantitative estimate of drug-likeness (QED) is 0.380. The zero-order valence-corrected chi connectivity index (χ0v) is 12.7. The molecule has 0 unspecified atom stereocenters. The van der Waals surface area contributed by atoms with Gasteiger partial charge < -0.3 is 10.2 Å². The molecule has 0 aliphatic heterocycles. The molecule has 9 nitrogen and oxygen atoms in total. The molecule has 4 N–H and O–H groups in total. The highest BCUT2D eigenvalue weighted by molar-refractivity contribution is 7.89. The molecule has 1 aromatic carbocycles. The van der Waals surface area contributed by atoms with E-state index in [1.807, 2.05) is 0 Å². The molecule has 0 radical (unpaired) electrons. The van der Waals surface area contributed by atoms with Gasteiger partial charge >= 0.3 is 0 Å². The Morgan fingerprint density at radius 1 is 1.43 bits per heavy atom. The summed E-state index contributed by atoms with van der Waals surface area (Å²) in [6.07, 6.45) is 0. The van der Waals surface area contributed by atoms with Crippen LogP contribution >= 0.6 is 0 Å². The van der Waals surface area contributed by atoms with E-state index in [0.717, 1.165) is 12.1 Å². The fourth-order valence-electron chi connectivity index (χ4n) is 1.78. The fraction of sp³-hybridized carbons (Fsp3) is 0.455. The van der Waals surface area contributed by atoms with E-state index in [4.69, 9.17) is 10.6 Å². The lowest BCUT2D eigenvalue weighted by molar-refractivity contribution is -0.385. The van der Waals surface area contributed by atoms with E-state index < -0.39 is 20.5 Å². The monoisotopic (exact) mass is 318 g/mol. The molecule has 0 atom stereocenters. The Bertz CT molecular complexity index is 630. The predicted octanol–water partition coefficient (Wildman–Crippen LogP) is 0.584. The largest absolute Gasteiger partial charge is 0.383 e. The summed E-state index contributed by atoms with van der Waals surface area (Å²) in [5, 5.41) is 10.8. The van der Waals surface area contributed by atoms with Crippen molar-refractivity contribution in [2.75, 3.05) is 19.1 Å². The number of nitro benzene ring substituents is 1. The van der Waals surface area contributed by atoms with Gasteiger partial charge in [-0.05, 0) is 19.9 Å². The number of anilines is 1. The van der Waals surface area contributed by atoms with E-state index in [-0.39, 0.29) is 22.9 Å². The summed E-state index contributed by atoms with van der Waals surface area (Å²) in [6, 6.07) is 3.34. The standard InChI is InChI=1S/C11H18N4O5S/c1-11(2,7-20-3)14-21(18,19)10-6-8(15(16)17)4-5-9(10)13-12/h4-6,13-14H,7,12H2,1-3H3. The normalized spacial score (nSPS) is 12.2. The molecule has 0 aliphatic rings. The SMILES string of the molecule is COCC(C)(C)NS(=O)(=O)c1cc([N+](=O)[O-])ccc1NN. The minimum atomic E-state index is -4.02. The summed E-state index contributed by atoms with van der Waals surface area (Å²) < 4.78 is 32.1. The van der Waals surface area contributed by atoms with Gasteiger partial charge in [-0.2, -0.15) is 0 Å². The Balaban J connectivity index is 3.29. The Hall–Kier alpha value is -1.75. The van der Waals surface area contributed by atoms with Crippen molar-refractivity contribution in [3.05, 3.63) is 28.3 Å². The summed E-state index contributed by atoms with van der Waals surface area (Å²) in [4.78, 5) is 9.80. The molecule has 1 aromatic rings. The number of hydrazine groups is 1. The Morgan fingerprint density at radius 2 is 2.05 bits per heavy atom. The van der Waals surface area contributed by atoms with Crippen LogP contribution in [0.25, 0.3) is 0 Å². The predicted molar refractivity (Wildman–Crippen MR) is 77.2 cm³/mol. The molecule has 0 amide bonds. The Labute approximate surface area is 122 Å². The highest BCUT2D eigenvalue weighted by atomic mass is 32.2. The third-order valence-corrected chi connectivity index (χ3v) is 4.27. The van der Waals surface area contributed by atoms with E-state index in [1.165, 1.54) is 13.2 Å². The molecule has 0 saturated heterocycles. The average molecular weight is 318 g/mol. The number of benzene rings is 1. The van der Waals surface area contributed by atoms with E-state index in [9.17, 15) is 18.5 Å². The van der Waals surface area contributed by atoms with Crippen molar-refractivity contribution in [2.24, 2.45) is 5.84 Å². The van der Waals surface area contributed by atoms with Crippen LogP contribution in [0.15, 0.2) is 23.1 Å². The average Bonchev–Trinajstić information content (AvgIpc) is 2.36. The van der Waals surface area contributed by atoms with Crippen LogP contribution in [0.4, 0.5) is 11.4 Å². The van der Waals surface area contributed by atoms with Crippen LogP contribution in [0.3, 0.4) is 0 Å². The van der Waals surface area contributed by atoms with Crippen LogP contribution in [-0.4, -0.2) is 32.6 Å². The molecular weight excluding hydrogens is 300 g/mol. The number of non-ortho nitro benzene ring substituents is 1. The van der Waals surface area contributed by atoms with Gasteiger partial charge in [0.05, 0.1) is 22.8 Å². The molecule has 0 fully saturated rings. The number of ether oxygens (including phenoxy) is 1. The zero-order valence-electron chi connectivity index (χ0n) is 11.9. The van der Waals surface area contributed by atoms with E-state index in [1.54, 1.807) is 13.8 Å². The molecule has 0 aliphatic carbocycles. The van der Waals surface area contributed by atoms with Gasteiger partial charge in [-0.1, -0.05) is 0 Å². The van der Waals surface area contributed by atoms with Crippen LogP contribution in [0, 0.1) is 10.1 Å². The van der Waals surface area contributed by atoms with Crippen LogP contribution in [-0.2, 0) is 14.8 Å². The molecule has 118 valence electrons. The van der Waals surface area contributed by atoms with Gasteiger partial charge in [0.2, 0.25) is 10.0 Å². The molecule has 0 saturated carbocycles. The maximum Gasteiger partial charge on any atom is 0.270 e. The molecular formula is C11H18N4O5S. The van der Waals surface area contributed by atoms with Gasteiger partial charge in [0.1, 0.15) is 4.90 Å². The van der Waals surface area contributed by atoms with Gasteiger partial charge in [0.25, 0.3) is 5.69 Å². The minimum absolute atomic E-state index is 0.0568. The number of methoxy groups -OCH3 is 1. The van der Waals surface area contributed by atoms with Crippen molar-refractivity contribution in [2.45, 2.75) is 24.3 Å². The maximum absolute atomic E-state index is 12.4. The second kappa shape index (κ2) is 6.35. The number of nitro groups is 1. The maximum atomic E-state index is 12.4. The van der Waals surface area contributed by atoms with Gasteiger partial charge in [-0.15, -0.1) is 0 Å². The van der Waals surface area contributed by atoms with Gasteiger partial charge in [-0.3, -0.25) is 16.0 Å². The molecule has 10 heteroatoms. The highest BCUT2D eigenvalue weighted by Gasteiger charge is 2.29. The number of rotatable bonds is 7. The molecule has 1 rings (SSSR count). The molecule has 0 bridgehead atoms. The second-order valence-corrected chi connectivity index (χ2v) is 6.66. The summed E-state index contributed by atoms with van der Waals surface area (Å²) in [5.41, 5.74) is 1.04. The lowest BCUT2D eigenvalue weighted by atomic mass is 10.1. The summed E-state index contributed by atoms with van der Waals surface area (Å²) in [7, 11) is -2.58. The van der Waals surface area contributed by atoms with Crippen molar-refractivity contribution in [3.8, 4) is 0 Å². The molecule has 21 heavy (non-hydrogen) atoms. The molecule has 0 aromatic heterocycles. The topological polar surface area (TPSA) is 137 Å². The van der Waals surface area contributed by atoms with Crippen LogP contribution in [0.1, 0.15) is 13.8 Å². The van der Waals surface area contributed by atoms with Gasteiger partial charge in [0, 0.05) is 19.2 Å². The van der Waals surface area contributed by atoms with Crippen LogP contribution in [0.2, 0.25) is 0 Å². The van der Waals surface area contributed by atoms with Gasteiger partial charge in [-0.25, -0.2) is 13.1 Å². The van der Waals surface area contributed by atoms with Crippen molar-refractivity contribution in [3.63, 3.8) is 0 Å². The van der Waals surface area contributed by atoms with Crippen molar-refractivity contribution < 1.29 is 18.1 Å². The number of hydrogen-bond acceptors (Lipinski definition) is 7. The summed E-state index contributed by atoms with van der Waals surface area (Å²) in [5.74, 6) is 5.26. The second-order valence-electron chi connectivity index (χ2n) is 5.00. The first-order valence-corrected chi connectivity index (χ1v) is 7.39. The molecule has 0 spiro atoms. The number of nitrogens with one attached hydrogen (secondary N) is 2. The third kappa shape index (κ3) is 4.36. The van der Waals surface area contributed by atoms with Crippen molar-refractivity contribution >= 4 is 21.4 Å². The Kier molecular flexibility index (Phi) is 5.23. The van der Waals surface area contributed by atoms with E-state index in [0.29, 0.717) is 0 Å². The minimum Gasteiger partial charge on any atom is -0.383 e. The van der Waals surface area contributed by atoms with Gasteiger partial charge in [0.15, 0.2) is 0 Å². The van der Waals surface area contributed by atoms with E-state index >= 15 is 0 Å². The van der Waals surface area contributed by atoms with Crippen molar-refractivity contribution in [1.82, 2.24) is 4.72 Å². The smallest absolute Gasteiger partial charge is 0.270 e. The number of nitrogens with two attached hydrogens (primary N) is 1. The van der Waals surface area contributed by atoms with Crippen molar-refractivity contribution in [1.29, 1.82) is 0 Å². The van der Waals surface area contributed by atoms with Crippen LogP contribution in [0.5, 0.6) is 0 Å². The summed E-state index contributed by atoms with van der Waals surface area (Å²) >= 11 is 0.